The van der Waals surface area contributed by atoms with Gasteiger partial charge in [0.05, 0.1) is 0 Å². The summed E-state index contributed by atoms with van der Waals surface area (Å²) in [5.74, 6) is 1.69. The van der Waals surface area contributed by atoms with Crippen molar-refractivity contribution in [1.29, 1.82) is 0 Å². The molecule has 2 aromatic rings. The van der Waals surface area contributed by atoms with E-state index in [9.17, 15) is 0 Å². The number of allylic oxidation sites excluding steroid dienone is 4. The third-order valence-corrected chi connectivity index (χ3v) is 6.99. The molecule has 2 aromatic carbocycles. The Morgan fingerprint density at radius 1 is 0.750 bits per heavy atom. The number of nitrogens with one attached hydrogen (secondary N) is 2. The van der Waals surface area contributed by atoms with Crippen LogP contribution >= 0.6 is 16.6 Å². The SMILES string of the molecule is COP(OC)OC.[C-]#[O+].[CH]1C=CC=C1.[Fe].c1ccc2c(c1)N[PH]1(Nc3ccccc3O1)O2. The van der Waals surface area contributed by atoms with Gasteiger partial charge < -0.3 is 13.6 Å². The molecule has 3 aliphatic rings. The van der Waals surface area contributed by atoms with Gasteiger partial charge in [-0.3, -0.25) is 0 Å². The number of fused-ring (bicyclic) bond motifs is 2. The van der Waals surface area contributed by atoms with Gasteiger partial charge in [-0.25, -0.2) is 0 Å². The van der Waals surface area contributed by atoms with Crippen molar-refractivity contribution >= 4 is 28.0 Å². The summed E-state index contributed by atoms with van der Waals surface area (Å²) in [7, 11) is 0.989. The standard InChI is InChI=1S/C12H11N2O2P.C5H5.C3H9O3P.CO.Fe/c1-3-7-11-9(5-1)13-17(15-11)14-10-6-2-4-8-12(10)16-17;1-2-4-5-3-1;1-4-7(5-2)6-3;1-2;/h1-8,13-14,17H;1-5H;1-3H3;;. The van der Waals surface area contributed by atoms with Crippen molar-refractivity contribution in [2.75, 3.05) is 31.5 Å². The van der Waals surface area contributed by atoms with E-state index in [0.717, 1.165) is 22.9 Å². The summed E-state index contributed by atoms with van der Waals surface area (Å²) in [6, 6.07) is 15.7. The summed E-state index contributed by atoms with van der Waals surface area (Å²) in [5.41, 5.74) is 1.97. The van der Waals surface area contributed by atoms with Crippen LogP contribution in [0, 0.1) is 13.1 Å². The molecule has 32 heavy (non-hydrogen) atoms. The first-order chi connectivity index (χ1) is 15.2. The van der Waals surface area contributed by atoms with Gasteiger partial charge >= 0.3 is 119 Å². The Labute approximate surface area is 201 Å². The Morgan fingerprint density at radius 3 is 1.44 bits per heavy atom. The van der Waals surface area contributed by atoms with Crippen LogP contribution < -0.4 is 19.2 Å². The second-order valence-electron chi connectivity index (χ2n) is 5.80. The zero-order chi connectivity index (χ0) is 22.5. The molecule has 0 saturated heterocycles. The monoisotopic (exact) mass is 519 g/mol. The zero-order valence-corrected chi connectivity index (χ0v) is 20.8. The van der Waals surface area contributed by atoms with Crippen molar-refractivity contribution in [2.24, 2.45) is 0 Å². The third-order valence-electron chi connectivity index (χ3n) is 3.88. The van der Waals surface area contributed by atoms with Crippen LogP contribution in [0.2, 0.25) is 0 Å². The number of para-hydroxylation sites is 4. The zero-order valence-electron chi connectivity index (χ0n) is 17.8. The number of anilines is 2. The molecule has 0 bridgehead atoms. The maximum atomic E-state index is 7.50. The molecule has 2 aliphatic heterocycles. The first-order valence-electron chi connectivity index (χ1n) is 9.11. The molecule has 0 saturated carbocycles. The molecular formula is C21H25FeN2O6P2. The summed E-state index contributed by atoms with van der Waals surface area (Å²) < 4.78 is 33.4. The molecule has 1 aliphatic carbocycles. The number of hydrogen-bond donors (Lipinski definition) is 2. The van der Waals surface area contributed by atoms with E-state index >= 15 is 0 Å². The second-order valence-corrected chi connectivity index (χ2v) is 9.48. The van der Waals surface area contributed by atoms with Crippen molar-refractivity contribution in [1.82, 2.24) is 0 Å². The summed E-state index contributed by atoms with van der Waals surface area (Å²) in [4.78, 5) is 0. The predicted octanol–water partition coefficient (Wildman–Crippen LogP) is 5.83. The van der Waals surface area contributed by atoms with Crippen molar-refractivity contribution in [3.63, 3.8) is 0 Å². The van der Waals surface area contributed by atoms with E-state index in [4.69, 9.17) is 13.7 Å². The molecule has 0 unspecified atom stereocenters. The molecule has 0 aromatic heterocycles. The van der Waals surface area contributed by atoms with Crippen molar-refractivity contribution in [3.8, 4) is 11.5 Å². The topological polar surface area (TPSA) is 90.1 Å². The molecule has 2 heterocycles. The van der Waals surface area contributed by atoms with E-state index in [1.165, 1.54) is 0 Å². The normalized spacial score (nSPS) is 15.3. The molecule has 173 valence electrons. The van der Waals surface area contributed by atoms with Crippen LogP contribution in [0.4, 0.5) is 11.4 Å². The predicted molar refractivity (Wildman–Crippen MR) is 124 cm³/mol. The molecule has 2 N–H and O–H groups in total. The minimum atomic E-state index is -2.58. The second kappa shape index (κ2) is 15.0. The Kier molecular flexibility index (Phi) is 13.2. The fourth-order valence-electron chi connectivity index (χ4n) is 2.68. The van der Waals surface area contributed by atoms with E-state index in [1.54, 1.807) is 21.3 Å². The van der Waals surface area contributed by atoms with E-state index in [1.807, 2.05) is 79.3 Å². The van der Waals surface area contributed by atoms with Crippen molar-refractivity contribution in [3.05, 3.63) is 85.9 Å². The number of rotatable bonds is 3. The number of benzene rings is 2. The van der Waals surface area contributed by atoms with Gasteiger partial charge in [-0.2, -0.15) is 0 Å². The van der Waals surface area contributed by atoms with E-state index < -0.39 is 16.6 Å². The van der Waals surface area contributed by atoms with Gasteiger partial charge in [0.15, 0.2) is 0 Å². The van der Waals surface area contributed by atoms with Crippen LogP contribution in [0.3, 0.4) is 0 Å². The Balaban J connectivity index is 0.000000287. The molecule has 5 rings (SSSR count). The van der Waals surface area contributed by atoms with Gasteiger partial charge in [-0.15, -0.1) is 0 Å². The molecule has 0 atom stereocenters. The van der Waals surface area contributed by atoms with E-state index in [-0.39, 0.29) is 17.1 Å². The number of hydrogen-bond acceptors (Lipinski definition) is 7. The summed E-state index contributed by atoms with van der Waals surface area (Å²) in [6.45, 7) is 4.50. The van der Waals surface area contributed by atoms with Gasteiger partial charge in [0.2, 0.25) is 0 Å². The Bertz CT molecular complexity index is 786. The molecule has 11 heteroatoms. The quantitative estimate of drug-likeness (QED) is 0.228. The Morgan fingerprint density at radius 2 is 1.16 bits per heavy atom. The Hall–Kier alpha value is -1.88. The third kappa shape index (κ3) is 7.91. The van der Waals surface area contributed by atoms with Gasteiger partial charge in [0, 0.05) is 44.8 Å². The van der Waals surface area contributed by atoms with Crippen molar-refractivity contribution in [2.45, 2.75) is 0 Å². The fraction of sp³-hybridized carbons (Fsp3) is 0.143. The van der Waals surface area contributed by atoms with Gasteiger partial charge in [0.1, 0.15) is 0 Å². The van der Waals surface area contributed by atoms with E-state index in [2.05, 4.69) is 30.4 Å². The van der Waals surface area contributed by atoms with Crippen LogP contribution in [0.1, 0.15) is 0 Å². The van der Waals surface area contributed by atoms with Crippen molar-refractivity contribution < 1.29 is 44.3 Å². The average Bonchev–Trinajstić information content (AvgIpc) is 3.56. The average molecular weight is 519 g/mol. The minimum absolute atomic E-state index is 0. The van der Waals surface area contributed by atoms with Crippen LogP contribution in [-0.4, -0.2) is 21.3 Å². The first-order valence-corrected chi connectivity index (χ1v) is 12.0. The van der Waals surface area contributed by atoms with Gasteiger partial charge in [-0.05, 0) is 0 Å². The van der Waals surface area contributed by atoms with E-state index in [0.29, 0.717) is 0 Å². The molecule has 8 nitrogen and oxygen atoms in total. The fourth-order valence-corrected chi connectivity index (χ4v) is 5.53. The van der Waals surface area contributed by atoms with Crippen LogP contribution in [0.5, 0.6) is 11.5 Å². The molecule has 1 spiro atoms. The molecule has 0 amide bonds. The first kappa shape index (κ1) is 28.2. The summed E-state index contributed by atoms with van der Waals surface area (Å²) in [5, 5.41) is 6.68. The molecule has 1 radical (unpaired) electrons. The van der Waals surface area contributed by atoms with Gasteiger partial charge in [-0.1, -0.05) is 24.3 Å². The molecular weight excluding hydrogens is 494 g/mol. The van der Waals surface area contributed by atoms with Gasteiger partial charge in [0.25, 0.3) is 0 Å². The maximum absolute atomic E-state index is 7.50. The molecule has 0 fully saturated rings. The summed E-state index contributed by atoms with van der Waals surface area (Å²) in [6.07, 6.45) is 10.0. The van der Waals surface area contributed by atoms with Crippen LogP contribution in [0.25, 0.3) is 0 Å². The van der Waals surface area contributed by atoms with Crippen LogP contribution in [0.15, 0.2) is 72.8 Å². The summed E-state index contributed by atoms with van der Waals surface area (Å²) >= 11 is 0. The van der Waals surface area contributed by atoms with Crippen LogP contribution in [-0.2, 0) is 35.3 Å².